The van der Waals surface area contributed by atoms with Gasteiger partial charge in [-0.1, -0.05) is 6.07 Å². The van der Waals surface area contributed by atoms with Gasteiger partial charge in [-0.2, -0.15) is 0 Å². The van der Waals surface area contributed by atoms with Gasteiger partial charge in [0.2, 0.25) is 0 Å². The highest BCUT2D eigenvalue weighted by atomic mass is 19.1. The molecule has 3 nitrogen and oxygen atoms in total. The first-order valence-corrected chi connectivity index (χ1v) is 6.14. The zero-order valence-electron chi connectivity index (χ0n) is 10.4. The van der Waals surface area contributed by atoms with Crippen molar-refractivity contribution in [1.29, 1.82) is 0 Å². The summed E-state index contributed by atoms with van der Waals surface area (Å²) in [5.74, 6) is -0.514. The van der Waals surface area contributed by atoms with Gasteiger partial charge in [-0.3, -0.25) is 9.59 Å². The lowest BCUT2D eigenvalue weighted by molar-refractivity contribution is -0.117. The minimum Gasteiger partial charge on any atom is -0.335 e. The Morgan fingerprint density at radius 2 is 2.22 bits per heavy atom. The number of benzene rings is 1. The van der Waals surface area contributed by atoms with Crippen molar-refractivity contribution in [3.8, 4) is 0 Å². The summed E-state index contributed by atoms with van der Waals surface area (Å²) in [5, 5.41) is 0. The summed E-state index contributed by atoms with van der Waals surface area (Å²) in [5.41, 5.74) is 0.352. The molecule has 1 amide bonds. The van der Waals surface area contributed by atoms with E-state index in [2.05, 4.69) is 0 Å². The van der Waals surface area contributed by atoms with Crippen molar-refractivity contribution in [2.75, 3.05) is 6.54 Å². The first kappa shape index (κ1) is 12.7. The molecule has 2 rings (SSSR count). The quantitative estimate of drug-likeness (QED) is 0.825. The van der Waals surface area contributed by atoms with E-state index in [1.165, 1.54) is 25.1 Å². The third-order valence-corrected chi connectivity index (χ3v) is 3.23. The maximum absolute atomic E-state index is 13.1. The summed E-state index contributed by atoms with van der Waals surface area (Å²) >= 11 is 0. The summed E-state index contributed by atoms with van der Waals surface area (Å²) in [6.45, 7) is 2.18. The Kier molecular flexibility index (Phi) is 3.75. The van der Waals surface area contributed by atoms with Crippen LogP contribution >= 0.6 is 0 Å². The third kappa shape index (κ3) is 2.75. The number of ketones is 1. The van der Waals surface area contributed by atoms with E-state index in [1.54, 1.807) is 11.0 Å². The first-order valence-electron chi connectivity index (χ1n) is 6.14. The van der Waals surface area contributed by atoms with Gasteiger partial charge in [0, 0.05) is 24.6 Å². The van der Waals surface area contributed by atoms with Crippen molar-refractivity contribution in [1.82, 2.24) is 4.90 Å². The SMILES string of the molecule is CC(=O)CC1CCCN1C(=O)c1cccc(F)c1. The zero-order chi connectivity index (χ0) is 13.1. The summed E-state index contributed by atoms with van der Waals surface area (Å²) in [7, 11) is 0. The van der Waals surface area contributed by atoms with E-state index in [1.807, 2.05) is 0 Å². The van der Waals surface area contributed by atoms with Gasteiger partial charge in [-0.25, -0.2) is 4.39 Å². The molecule has 1 aromatic carbocycles. The van der Waals surface area contributed by atoms with Gasteiger partial charge in [0.1, 0.15) is 11.6 Å². The molecule has 1 unspecified atom stereocenters. The van der Waals surface area contributed by atoms with Crippen LogP contribution in [0.3, 0.4) is 0 Å². The molecule has 4 heteroatoms. The van der Waals surface area contributed by atoms with Crippen LogP contribution in [0.2, 0.25) is 0 Å². The second-order valence-electron chi connectivity index (χ2n) is 4.71. The number of Topliss-reactive ketones (excluding diaryl/α,β-unsaturated/α-hetero) is 1. The van der Waals surface area contributed by atoms with Gasteiger partial charge in [-0.05, 0) is 38.0 Å². The second-order valence-corrected chi connectivity index (χ2v) is 4.71. The number of nitrogens with zero attached hydrogens (tertiary/aromatic N) is 1. The smallest absolute Gasteiger partial charge is 0.254 e. The van der Waals surface area contributed by atoms with Crippen LogP contribution in [0.1, 0.15) is 36.5 Å². The Hall–Kier alpha value is -1.71. The van der Waals surface area contributed by atoms with Crippen LogP contribution in [0, 0.1) is 5.82 Å². The number of halogens is 1. The molecule has 18 heavy (non-hydrogen) atoms. The topological polar surface area (TPSA) is 37.4 Å². The van der Waals surface area contributed by atoms with Crippen LogP contribution in [0.4, 0.5) is 4.39 Å². The van der Waals surface area contributed by atoms with Crippen LogP contribution in [-0.2, 0) is 4.79 Å². The molecule has 1 aliphatic rings. The summed E-state index contributed by atoms with van der Waals surface area (Å²) in [6.07, 6.45) is 2.14. The molecule has 1 saturated heterocycles. The first-order chi connectivity index (χ1) is 8.58. The number of carbonyl (C=O) groups excluding carboxylic acids is 2. The Morgan fingerprint density at radius 1 is 1.44 bits per heavy atom. The molecule has 0 bridgehead atoms. The number of carbonyl (C=O) groups is 2. The largest absolute Gasteiger partial charge is 0.335 e. The lowest BCUT2D eigenvalue weighted by Crippen LogP contribution is -2.36. The average Bonchev–Trinajstić information content (AvgIpc) is 2.75. The molecule has 1 atom stereocenters. The number of likely N-dealkylation sites (tertiary alicyclic amines) is 1. The lowest BCUT2D eigenvalue weighted by atomic mass is 10.1. The normalized spacial score (nSPS) is 19.0. The van der Waals surface area contributed by atoms with Crippen molar-refractivity contribution < 1.29 is 14.0 Å². The van der Waals surface area contributed by atoms with E-state index in [9.17, 15) is 14.0 Å². The standard InChI is InChI=1S/C14H16FNO2/c1-10(17)8-13-6-3-7-16(13)14(18)11-4-2-5-12(15)9-11/h2,4-5,9,13H,3,6-8H2,1H3. The summed E-state index contributed by atoms with van der Waals surface area (Å²) in [4.78, 5) is 25.1. The molecule has 1 fully saturated rings. The summed E-state index contributed by atoms with van der Waals surface area (Å²) < 4.78 is 13.1. The molecule has 0 radical (unpaired) electrons. The number of amides is 1. The molecule has 0 spiro atoms. The average molecular weight is 249 g/mol. The van der Waals surface area contributed by atoms with Crippen LogP contribution in [-0.4, -0.2) is 29.2 Å². The molecular formula is C14H16FNO2. The lowest BCUT2D eigenvalue weighted by Gasteiger charge is -2.24. The highest BCUT2D eigenvalue weighted by Crippen LogP contribution is 2.23. The van der Waals surface area contributed by atoms with Crippen molar-refractivity contribution in [2.45, 2.75) is 32.2 Å². The third-order valence-electron chi connectivity index (χ3n) is 3.23. The predicted molar refractivity (Wildman–Crippen MR) is 65.8 cm³/mol. The molecule has 0 N–H and O–H groups in total. The van der Waals surface area contributed by atoms with Gasteiger partial charge < -0.3 is 4.90 Å². The molecule has 1 aliphatic heterocycles. The summed E-state index contributed by atoms with van der Waals surface area (Å²) in [6, 6.07) is 5.66. The van der Waals surface area contributed by atoms with Crippen LogP contribution < -0.4 is 0 Å². The Labute approximate surface area is 106 Å². The molecule has 0 aromatic heterocycles. The minimum atomic E-state index is -0.414. The fourth-order valence-electron chi connectivity index (χ4n) is 2.43. The van der Waals surface area contributed by atoms with Crippen molar-refractivity contribution in [2.24, 2.45) is 0 Å². The predicted octanol–water partition coefficient (Wildman–Crippen LogP) is 2.41. The van der Waals surface area contributed by atoms with Gasteiger partial charge >= 0.3 is 0 Å². The maximum atomic E-state index is 13.1. The molecule has 0 aliphatic carbocycles. The van der Waals surface area contributed by atoms with E-state index in [0.717, 1.165) is 12.8 Å². The van der Waals surface area contributed by atoms with Crippen LogP contribution in [0.5, 0.6) is 0 Å². The molecule has 0 saturated carbocycles. The van der Waals surface area contributed by atoms with Crippen molar-refractivity contribution in [3.63, 3.8) is 0 Å². The van der Waals surface area contributed by atoms with E-state index >= 15 is 0 Å². The van der Waals surface area contributed by atoms with E-state index < -0.39 is 5.82 Å². The van der Waals surface area contributed by atoms with Gasteiger partial charge in [0.05, 0.1) is 0 Å². The van der Waals surface area contributed by atoms with Gasteiger partial charge in [-0.15, -0.1) is 0 Å². The van der Waals surface area contributed by atoms with Crippen molar-refractivity contribution in [3.05, 3.63) is 35.6 Å². The Balaban J connectivity index is 2.15. The van der Waals surface area contributed by atoms with Crippen LogP contribution in [0.25, 0.3) is 0 Å². The highest BCUT2D eigenvalue weighted by Gasteiger charge is 2.30. The van der Waals surface area contributed by atoms with Crippen LogP contribution in [0.15, 0.2) is 24.3 Å². The fourth-order valence-corrected chi connectivity index (χ4v) is 2.43. The number of hydrogen-bond acceptors (Lipinski definition) is 2. The maximum Gasteiger partial charge on any atom is 0.254 e. The van der Waals surface area contributed by atoms with E-state index in [0.29, 0.717) is 18.5 Å². The number of hydrogen-bond donors (Lipinski definition) is 0. The van der Waals surface area contributed by atoms with Gasteiger partial charge in [0.15, 0.2) is 0 Å². The van der Waals surface area contributed by atoms with E-state index in [-0.39, 0.29) is 17.7 Å². The monoisotopic (exact) mass is 249 g/mol. The zero-order valence-corrected chi connectivity index (χ0v) is 10.4. The molecule has 1 heterocycles. The number of rotatable bonds is 3. The Bertz CT molecular complexity index is 473. The fraction of sp³-hybridized carbons (Fsp3) is 0.429. The second kappa shape index (κ2) is 5.29. The highest BCUT2D eigenvalue weighted by molar-refractivity contribution is 5.95. The Morgan fingerprint density at radius 3 is 2.89 bits per heavy atom. The van der Waals surface area contributed by atoms with E-state index in [4.69, 9.17) is 0 Å². The minimum absolute atomic E-state index is 0.0294. The van der Waals surface area contributed by atoms with Gasteiger partial charge in [0.25, 0.3) is 5.91 Å². The molecular weight excluding hydrogens is 233 g/mol. The van der Waals surface area contributed by atoms with Crippen molar-refractivity contribution >= 4 is 11.7 Å². The molecule has 1 aromatic rings. The molecule has 96 valence electrons.